The van der Waals surface area contributed by atoms with E-state index in [9.17, 15) is 0 Å². The van der Waals surface area contributed by atoms with Crippen LogP contribution in [0.1, 0.15) is 25.7 Å². The summed E-state index contributed by atoms with van der Waals surface area (Å²) in [6.07, 6.45) is 10.3. The maximum absolute atomic E-state index is 2.33. The van der Waals surface area contributed by atoms with Crippen LogP contribution in [0.4, 0.5) is 0 Å². The highest BCUT2D eigenvalue weighted by Crippen LogP contribution is 2.40. The molecule has 1 unspecified atom stereocenters. The molecule has 0 bridgehead atoms. The van der Waals surface area contributed by atoms with Crippen molar-refractivity contribution in [2.45, 2.75) is 25.7 Å². The van der Waals surface area contributed by atoms with Crippen molar-refractivity contribution in [3.63, 3.8) is 0 Å². The highest BCUT2D eigenvalue weighted by Gasteiger charge is 2.27. The average molecular weight is 107 g/mol. The summed E-state index contributed by atoms with van der Waals surface area (Å²) in [4.78, 5) is 0. The molecule has 0 amide bonds. The fourth-order valence-electron chi connectivity index (χ4n) is 1.81. The van der Waals surface area contributed by atoms with Crippen LogP contribution in [-0.4, -0.2) is 0 Å². The molecule has 0 spiro atoms. The zero-order valence-corrected chi connectivity index (χ0v) is 5.06. The summed E-state index contributed by atoms with van der Waals surface area (Å²) < 4.78 is 0. The van der Waals surface area contributed by atoms with Gasteiger partial charge in [-0.1, -0.05) is 18.6 Å². The van der Waals surface area contributed by atoms with Crippen molar-refractivity contribution < 1.29 is 0 Å². The third-order valence-electron chi connectivity index (χ3n) is 2.29. The Hall–Kier alpha value is -0.260. The van der Waals surface area contributed by atoms with Gasteiger partial charge in [-0.25, -0.2) is 0 Å². The highest BCUT2D eigenvalue weighted by molar-refractivity contribution is 5.23. The van der Waals surface area contributed by atoms with Crippen molar-refractivity contribution in [2.24, 2.45) is 5.92 Å². The SMILES string of the molecule is C1=C[C]2CCCC2C1. The topological polar surface area (TPSA) is 0 Å². The second kappa shape index (κ2) is 1.61. The zero-order chi connectivity index (χ0) is 5.40. The Balaban J connectivity index is 2.13. The molecule has 1 radical (unpaired) electrons. The maximum Gasteiger partial charge on any atom is 0.000660 e. The quantitative estimate of drug-likeness (QED) is 0.445. The summed E-state index contributed by atoms with van der Waals surface area (Å²) in [5, 5.41) is 0. The molecule has 1 atom stereocenters. The van der Waals surface area contributed by atoms with Gasteiger partial charge in [0.05, 0.1) is 0 Å². The van der Waals surface area contributed by atoms with Crippen LogP contribution >= 0.6 is 0 Å². The van der Waals surface area contributed by atoms with Crippen LogP contribution in [0.5, 0.6) is 0 Å². The largest absolute Gasteiger partial charge is 0.0876 e. The first-order valence-corrected chi connectivity index (χ1v) is 3.49. The molecular weight excluding hydrogens is 96.1 g/mol. The van der Waals surface area contributed by atoms with E-state index in [1.165, 1.54) is 25.7 Å². The van der Waals surface area contributed by atoms with Crippen LogP contribution in [0.2, 0.25) is 0 Å². The Morgan fingerprint density at radius 2 is 2.50 bits per heavy atom. The Kier molecular flexibility index (Phi) is 0.927. The number of allylic oxidation sites excluding steroid dienone is 2. The molecule has 0 aromatic carbocycles. The summed E-state index contributed by atoms with van der Waals surface area (Å²) in [7, 11) is 0. The fraction of sp³-hybridized carbons (Fsp3) is 0.625. The van der Waals surface area contributed by atoms with Crippen molar-refractivity contribution in [2.75, 3.05) is 0 Å². The zero-order valence-electron chi connectivity index (χ0n) is 5.06. The minimum Gasteiger partial charge on any atom is -0.0876 e. The lowest BCUT2D eigenvalue weighted by molar-refractivity contribution is 0.629. The minimum absolute atomic E-state index is 0.981. The van der Waals surface area contributed by atoms with Crippen molar-refractivity contribution in [3.05, 3.63) is 18.1 Å². The van der Waals surface area contributed by atoms with Gasteiger partial charge in [-0.2, -0.15) is 0 Å². The van der Waals surface area contributed by atoms with Crippen LogP contribution in [0.15, 0.2) is 12.2 Å². The van der Waals surface area contributed by atoms with Crippen molar-refractivity contribution in [1.82, 2.24) is 0 Å². The standard InChI is InChI=1S/C8H11/c1-3-7-5-2-6-8(7)4-1/h1,3,8H,2,4-6H2. The van der Waals surface area contributed by atoms with E-state index >= 15 is 0 Å². The fourth-order valence-corrected chi connectivity index (χ4v) is 1.81. The second-order valence-electron chi connectivity index (χ2n) is 2.80. The minimum atomic E-state index is 0.981. The normalized spacial score (nSPS) is 36.2. The molecule has 2 aliphatic rings. The van der Waals surface area contributed by atoms with Crippen LogP contribution in [-0.2, 0) is 0 Å². The monoisotopic (exact) mass is 107 g/mol. The van der Waals surface area contributed by atoms with E-state index in [0.29, 0.717) is 0 Å². The van der Waals surface area contributed by atoms with E-state index in [0.717, 1.165) is 5.92 Å². The molecule has 0 saturated heterocycles. The van der Waals surface area contributed by atoms with E-state index in [1.54, 1.807) is 5.92 Å². The van der Waals surface area contributed by atoms with Gasteiger partial charge in [0.25, 0.3) is 0 Å². The van der Waals surface area contributed by atoms with E-state index in [2.05, 4.69) is 12.2 Å². The number of fused-ring (bicyclic) bond motifs is 1. The van der Waals surface area contributed by atoms with E-state index in [1.807, 2.05) is 0 Å². The molecule has 1 saturated carbocycles. The van der Waals surface area contributed by atoms with Gasteiger partial charge in [-0.15, -0.1) is 0 Å². The van der Waals surface area contributed by atoms with Crippen LogP contribution in [0.3, 0.4) is 0 Å². The van der Waals surface area contributed by atoms with Gasteiger partial charge in [-0.05, 0) is 25.2 Å². The maximum atomic E-state index is 2.33. The van der Waals surface area contributed by atoms with Gasteiger partial charge in [0.15, 0.2) is 0 Å². The Labute approximate surface area is 50.6 Å². The summed E-state index contributed by atoms with van der Waals surface area (Å²) in [5.74, 6) is 2.71. The predicted molar refractivity (Wildman–Crippen MR) is 34.3 cm³/mol. The lowest BCUT2D eigenvalue weighted by atomic mass is 10.0. The van der Waals surface area contributed by atoms with Crippen molar-refractivity contribution in [3.8, 4) is 0 Å². The second-order valence-corrected chi connectivity index (χ2v) is 2.80. The lowest BCUT2D eigenvalue weighted by Crippen LogP contribution is -1.93. The van der Waals surface area contributed by atoms with Crippen LogP contribution in [0, 0.1) is 11.8 Å². The number of rotatable bonds is 0. The van der Waals surface area contributed by atoms with E-state index in [4.69, 9.17) is 0 Å². The van der Waals surface area contributed by atoms with Gasteiger partial charge >= 0.3 is 0 Å². The Bertz CT molecular complexity index is 113. The summed E-state index contributed by atoms with van der Waals surface area (Å²) in [5.41, 5.74) is 0. The Morgan fingerprint density at radius 1 is 1.50 bits per heavy atom. The third-order valence-corrected chi connectivity index (χ3v) is 2.29. The molecule has 8 heavy (non-hydrogen) atoms. The van der Waals surface area contributed by atoms with Gasteiger partial charge in [0, 0.05) is 5.92 Å². The third kappa shape index (κ3) is 0.521. The first-order chi connectivity index (χ1) is 3.97. The molecule has 0 heterocycles. The number of hydrogen-bond acceptors (Lipinski definition) is 0. The Morgan fingerprint density at radius 3 is 3.38 bits per heavy atom. The molecular formula is C8H11. The van der Waals surface area contributed by atoms with Crippen molar-refractivity contribution in [1.29, 1.82) is 0 Å². The van der Waals surface area contributed by atoms with Gasteiger partial charge in [0.2, 0.25) is 0 Å². The average Bonchev–Trinajstić information content (AvgIpc) is 2.15. The van der Waals surface area contributed by atoms with Crippen molar-refractivity contribution >= 4 is 0 Å². The molecule has 0 nitrogen and oxygen atoms in total. The van der Waals surface area contributed by atoms with Crippen LogP contribution in [0.25, 0.3) is 0 Å². The van der Waals surface area contributed by atoms with E-state index < -0.39 is 0 Å². The van der Waals surface area contributed by atoms with Gasteiger partial charge in [0.1, 0.15) is 0 Å². The predicted octanol–water partition coefficient (Wildman–Crippen LogP) is 2.32. The molecule has 0 N–H and O–H groups in total. The molecule has 0 aliphatic heterocycles. The summed E-state index contributed by atoms with van der Waals surface area (Å²) >= 11 is 0. The molecule has 2 aliphatic carbocycles. The molecule has 0 aromatic rings. The summed E-state index contributed by atoms with van der Waals surface area (Å²) in [6.45, 7) is 0. The van der Waals surface area contributed by atoms with Gasteiger partial charge < -0.3 is 0 Å². The smallest absolute Gasteiger partial charge is 0.000660 e. The highest BCUT2D eigenvalue weighted by atomic mass is 14.3. The molecule has 0 heteroatoms. The molecule has 43 valence electrons. The number of hydrogen-bond donors (Lipinski definition) is 0. The molecule has 2 rings (SSSR count). The molecule has 0 aromatic heterocycles. The van der Waals surface area contributed by atoms with Gasteiger partial charge in [-0.3, -0.25) is 0 Å². The first-order valence-electron chi connectivity index (χ1n) is 3.49. The first kappa shape index (κ1) is 4.60. The summed E-state index contributed by atoms with van der Waals surface area (Å²) in [6, 6.07) is 0. The lowest BCUT2D eigenvalue weighted by Gasteiger charge is -2.03. The van der Waals surface area contributed by atoms with E-state index in [-0.39, 0.29) is 0 Å². The van der Waals surface area contributed by atoms with Crippen LogP contribution < -0.4 is 0 Å². The molecule has 1 fully saturated rings.